The summed E-state index contributed by atoms with van der Waals surface area (Å²) in [6, 6.07) is 17.9. The molecule has 4 rings (SSSR count). The highest BCUT2D eigenvalue weighted by molar-refractivity contribution is 6.32. The molecule has 3 aromatic rings. The highest BCUT2D eigenvalue weighted by Crippen LogP contribution is 2.37. The second kappa shape index (κ2) is 6.61. The van der Waals surface area contributed by atoms with Gasteiger partial charge in [-0.05, 0) is 37.3 Å². The largest absolute Gasteiger partial charge is 0.399 e. The molecule has 27 heavy (non-hydrogen) atoms. The van der Waals surface area contributed by atoms with Gasteiger partial charge >= 0.3 is 0 Å². The Kier molecular flexibility index (Phi) is 4.12. The van der Waals surface area contributed by atoms with Crippen LogP contribution in [0.15, 0.2) is 60.7 Å². The minimum absolute atomic E-state index is 0.146. The van der Waals surface area contributed by atoms with Crippen molar-refractivity contribution < 1.29 is 9.59 Å². The van der Waals surface area contributed by atoms with E-state index in [-0.39, 0.29) is 11.6 Å². The molecule has 0 saturated carbocycles. The maximum atomic E-state index is 13.2. The zero-order chi connectivity index (χ0) is 19.0. The molecule has 0 unspecified atom stereocenters. The number of fused-ring (bicyclic) bond motifs is 2. The van der Waals surface area contributed by atoms with Crippen LogP contribution < -0.4 is 16.4 Å². The van der Waals surface area contributed by atoms with E-state index in [0.717, 1.165) is 5.69 Å². The molecule has 4 N–H and O–H groups in total. The Labute approximate surface area is 157 Å². The van der Waals surface area contributed by atoms with Crippen LogP contribution in [0.25, 0.3) is 0 Å². The number of hydrogen-bond donors (Lipinski definition) is 3. The molecule has 0 aromatic heterocycles. The maximum absolute atomic E-state index is 13.2. The minimum atomic E-state index is -0.161. The number of benzene rings is 3. The average molecular weight is 357 g/mol. The van der Waals surface area contributed by atoms with E-state index >= 15 is 0 Å². The molecular weight excluding hydrogens is 338 g/mol. The normalized spacial score (nSPS) is 12.3. The molecule has 0 saturated heterocycles. The molecule has 1 aliphatic carbocycles. The van der Waals surface area contributed by atoms with Crippen LogP contribution >= 0.6 is 0 Å². The average Bonchev–Trinajstić information content (AvgIpc) is 2.67. The third-order valence-electron chi connectivity index (χ3n) is 4.61. The van der Waals surface area contributed by atoms with Crippen molar-refractivity contribution >= 4 is 34.3 Å². The van der Waals surface area contributed by atoms with E-state index in [4.69, 9.17) is 5.73 Å². The SMILES string of the molecule is CCNc1ccc(Nc2cccc(N)c2)c2c1C(=O)c1ccccc1C2=O. The number of nitrogens with two attached hydrogens (primary N) is 1. The van der Waals surface area contributed by atoms with E-state index in [1.54, 1.807) is 36.4 Å². The van der Waals surface area contributed by atoms with Gasteiger partial charge in [0, 0.05) is 34.7 Å². The smallest absolute Gasteiger partial charge is 0.196 e. The molecule has 5 heteroatoms. The van der Waals surface area contributed by atoms with Gasteiger partial charge in [0.15, 0.2) is 11.6 Å². The first-order valence-corrected chi connectivity index (χ1v) is 8.82. The van der Waals surface area contributed by atoms with Crippen LogP contribution in [-0.4, -0.2) is 18.1 Å². The molecule has 1 aliphatic rings. The molecule has 0 heterocycles. The zero-order valence-corrected chi connectivity index (χ0v) is 14.9. The number of carbonyl (C=O) groups is 2. The molecule has 5 nitrogen and oxygen atoms in total. The lowest BCUT2D eigenvalue weighted by atomic mass is 9.82. The van der Waals surface area contributed by atoms with E-state index in [1.165, 1.54) is 0 Å². The lowest BCUT2D eigenvalue weighted by Crippen LogP contribution is -2.23. The third kappa shape index (κ3) is 2.83. The van der Waals surface area contributed by atoms with Crippen molar-refractivity contribution in [2.24, 2.45) is 0 Å². The van der Waals surface area contributed by atoms with Crippen LogP contribution in [0, 0.1) is 0 Å². The first-order valence-electron chi connectivity index (χ1n) is 8.82. The standard InChI is InChI=1S/C22H19N3O2/c1-2-24-17-10-11-18(25-14-7-5-6-13(23)12-14)20-19(17)21(26)15-8-3-4-9-16(15)22(20)27/h3-12,24-25H,2,23H2,1H3. The molecule has 0 fully saturated rings. The summed E-state index contributed by atoms with van der Waals surface area (Å²) >= 11 is 0. The molecule has 0 aliphatic heterocycles. The number of rotatable bonds is 4. The fourth-order valence-electron chi connectivity index (χ4n) is 3.44. The zero-order valence-electron chi connectivity index (χ0n) is 14.9. The van der Waals surface area contributed by atoms with Gasteiger partial charge in [-0.1, -0.05) is 30.3 Å². The lowest BCUT2D eigenvalue weighted by Gasteiger charge is -2.23. The van der Waals surface area contributed by atoms with Gasteiger partial charge in [0.1, 0.15) is 0 Å². The van der Waals surface area contributed by atoms with Crippen LogP contribution in [0.2, 0.25) is 0 Å². The molecule has 0 spiro atoms. The van der Waals surface area contributed by atoms with Crippen molar-refractivity contribution in [2.75, 3.05) is 22.9 Å². The third-order valence-corrected chi connectivity index (χ3v) is 4.61. The molecule has 3 aromatic carbocycles. The monoisotopic (exact) mass is 357 g/mol. The quantitative estimate of drug-likeness (QED) is 0.476. The summed E-state index contributed by atoms with van der Waals surface area (Å²) in [7, 11) is 0. The van der Waals surface area contributed by atoms with Gasteiger partial charge in [-0.15, -0.1) is 0 Å². The Balaban J connectivity index is 1.91. The van der Waals surface area contributed by atoms with Gasteiger partial charge in [0.2, 0.25) is 0 Å². The van der Waals surface area contributed by atoms with Crippen LogP contribution in [0.5, 0.6) is 0 Å². The van der Waals surface area contributed by atoms with Crippen LogP contribution in [-0.2, 0) is 0 Å². The van der Waals surface area contributed by atoms with Gasteiger partial charge in [-0.3, -0.25) is 9.59 Å². The van der Waals surface area contributed by atoms with E-state index < -0.39 is 0 Å². The summed E-state index contributed by atoms with van der Waals surface area (Å²) in [4.78, 5) is 26.4. The second-order valence-corrected chi connectivity index (χ2v) is 6.40. The number of nitrogens with one attached hydrogen (secondary N) is 2. The van der Waals surface area contributed by atoms with E-state index in [0.29, 0.717) is 45.9 Å². The predicted octanol–water partition coefficient (Wildman–Crippen LogP) is 4.22. The van der Waals surface area contributed by atoms with Gasteiger partial charge < -0.3 is 16.4 Å². The molecular formula is C22H19N3O2. The number of anilines is 4. The second-order valence-electron chi connectivity index (χ2n) is 6.40. The maximum Gasteiger partial charge on any atom is 0.196 e. The van der Waals surface area contributed by atoms with Crippen molar-refractivity contribution in [3.63, 3.8) is 0 Å². The minimum Gasteiger partial charge on any atom is -0.399 e. The van der Waals surface area contributed by atoms with Gasteiger partial charge in [0.25, 0.3) is 0 Å². The summed E-state index contributed by atoms with van der Waals surface area (Å²) in [5.41, 5.74) is 10.2. The fourth-order valence-corrected chi connectivity index (χ4v) is 3.44. The number of hydrogen-bond acceptors (Lipinski definition) is 5. The highest BCUT2D eigenvalue weighted by Gasteiger charge is 2.33. The van der Waals surface area contributed by atoms with Crippen molar-refractivity contribution in [2.45, 2.75) is 6.92 Å². The van der Waals surface area contributed by atoms with E-state index in [9.17, 15) is 9.59 Å². The Morgan fingerprint density at radius 3 is 2.07 bits per heavy atom. The van der Waals surface area contributed by atoms with Gasteiger partial charge in [-0.25, -0.2) is 0 Å². The molecule has 0 amide bonds. The number of carbonyl (C=O) groups excluding carboxylic acids is 2. The van der Waals surface area contributed by atoms with Crippen molar-refractivity contribution in [1.29, 1.82) is 0 Å². The van der Waals surface area contributed by atoms with Gasteiger partial charge in [-0.2, -0.15) is 0 Å². The Bertz CT molecular complexity index is 1070. The summed E-state index contributed by atoms with van der Waals surface area (Å²) < 4.78 is 0. The van der Waals surface area contributed by atoms with Crippen molar-refractivity contribution in [1.82, 2.24) is 0 Å². The molecule has 0 radical (unpaired) electrons. The Morgan fingerprint density at radius 2 is 1.44 bits per heavy atom. The van der Waals surface area contributed by atoms with Crippen molar-refractivity contribution in [3.8, 4) is 0 Å². The number of nitrogen functional groups attached to an aromatic ring is 1. The summed E-state index contributed by atoms with van der Waals surface area (Å²) in [6.45, 7) is 2.60. The molecule has 0 bridgehead atoms. The predicted molar refractivity (Wildman–Crippen MR) is 108 cm³/mol. The summed E-state index contributed by atoms with van der Waals surface area (Å²) in [6.07, 6.45) is 0. The summed E-state index contributed by atoms with van der Waals surface area (Å²) in [5.74, 6) is -0.307. The van der Waals surface area contributed by atoms with Crippen LogP contribution in [0.4, 0.5) is 22.7 Å². The fraction of sp³-hybridized carbons (Fsp3) is 0.0909. The highest BCUT2D eigenvalue weighted by atomic mass is 16.1. The Morgan fingerprint density at radius 1 is 0.815 bits per heavy atom. The molecule has 0 atom stereocenters. The van der Waals surface area contributed by atoms with Crippen LogP contribution in [0.3, 0.4) is 0 Å². The van der Waals surface area contributed by atoms with Crippen molar-refractivity contribution in [3.05, 3.63) is 82.9 Å². The summed E-state index contributed by atoms with van der Waals surface area (Å²) in [5, 5.41) is 6.44. The van der Waals surface area contributed by atoms with E-state index in [2.05, 4.69) is 10.6 Å². The lowest BCUT2D eigenvalue weighted by molar-refractivity contribution is 0.0980. The Hall–Kier alpha value is -3.60. The topological polar surface area (TPSA) is 84.2 Å². The van der Waals surface area contributed by atoms with Crippen LogP contribution in [0.1, 0.15) is 38.8 Å². The number of ketones is 2. The van der Waals surface area contributed by atoms with E-state index in [1.807, 2.05) is 31.2 Å². The first kappa shape index (κ1) is 16.8. The molecule has 134 valence electrons. The first-order chi connectivity index (χ1) is 13.1. The van der Waals surface area contributed by atoms with Gasteiger partial charge in [0.05, 0.1) is 16.8 Å².